The molecule has 4 nitrogen and oxygen atoms in total. The van der Waals surface area contributed by atoms with Gasteiger partial charge in [0.25, 0.3) is 0 Å². The van der Waals surface area contributed by atoms with E-state index in [1.807, 2.05) is 49.4 Å². The number of anilines is 2. The van der Waals surface area contributed by atoms with Crippen LogP contribution in [0.5, 0.6) is 0 Å². The molecule has 1 aromatic heterocycles. The highest BCUT2D eigenvalue weighted by atomic mass is 35.5. The fourth-order valence-electron chi connectivity index (χ4n) is 1.94. The molecule has 3 aromatic rings. The molecule has 6 heteroatoms. The third-order valence-electron chi connectivity index (χ3n) is 2.95. The van der Waals surface area contributed by atoms with Crippen LogP contribution >= 0.6 is 22.9 Å². The molecular weight excluding hydrogens is 306 g/mol. The Kier molecular flexibility index (Phi) is 3.77. The first-order valence-corrected chi connectivity index (χ1v) is 7.51. The van der Waals surface area contributed by atoms with E-state index in [4.69, 9.17) is 11.6 Å². The molecule has 0 aliphatic carbocycles. The molecule has 2 N–H and O–H groups in total. The van der Waals surface area contributed by atoms with Gasteiger partial charge in [-0.25, -0.2) is 9.78 Å². The molecule has 0 aliphatic heterocycles. The molecule has 2 amide bonds. The Morgan fingerprint density at radius 3 is 2.62 bits per heavy atom. The SMILES string of the molecule is Cc1ccc(Cl)c2sc(NC(=O)Nc3ccccc3)nc12. The van der Waals surface area contributed by atoms with Gasteiger partial charge in [-0.1, -0.05) is 47.2 Å². The first-order chi connectivity index (χ1) is 10.1. The van der Waals surface area contributed by atoms with Crippen molar-refractivity contribution in [3.63, 3.8) is 0 Å². The van der Waals surface area contributed by atoms with Gasteiger partial charge in [-0.2, -0.15) is 0 Å². The second kappa shape index (κ2) is 5.71. The Morgan fingerprint density at radius 2 is 1.90 bits per heavy atom. The summed E-state index contributed by atoms with van der Waals surface area (Å²) in [5.41, 5.74) is 2.58. The predicted octanol–water partition coefficient (Wildman–Crippen LogP) is 4.90. The van der Waals surface area contributed by atoms with Gasteiger partial charge in [-0.05, 0) is 30.7 Å². The number of carbonyl (C=O) groups is 1. The van der Waals surface area contributed by atoms with Crippen molar-refractivity contribution in [1.82, 2.24) is 4.98 Å². The highest BCUT2D eigenvalue weighted by Gasteiger charge is 2.11. The van der Waals surface area contributed by atoms with Crippen LogP contribution in [0.15, 0.2) is 42.5 Å². The minimum absolute atomic E-state index is 0.325. The monoisotopic (exact) mass is 317 g/mol. The molecule has 3 rings (SSSR count). The van der Waals surface area contributed by atoms with Gasteiger partial charge in [0, 0.05) is 5.69 Å². The zero-order valence-corrected chi connectivity index (χ0v) is 12.8. The number of benzene rings is 2. The van der Waals surface area contributed by atoms with Crippen LogP contribution in [0.3, 0.4) is 0 Å². The first kappa shape index (κ1) is 13.9. The lowest BCUT2D eigenvalue weighted by molar-refractivity contribution is 0.262. The molecule has 0 atom stereocenters. The summed E-state index contributed by atoms with van der Waals surface area (Å²) in [5.74, 6) is 0. The zero-order valence-electron chi connectivity index (χ0n) is 11.2. The minimum Gasteiger partial charge on any atom is -0.308 e. The second-order valence-electron chi connectivity index (χ2n) is 4.51. The van der Waals surface area contributed by atoms with Crippen molar-refractivity contribution in [2.75, 3.05) is 10.6 Å². The van der Waals surface area contributed by atoms with E-state index < -0.39 is 0 Å². The van der Waals surface area contributed by atoms with Crippen molar-refractivity contribution in [1.29, 1.82) is 0 Å². The Morgan fingerprint density at radius 1 is 1.14 bits per heavy atom. The van der Waals surface area contributed by atoms with Crippen LogP contribution in [0, 0.1) is 6.92 Å². The number of aryl methyl sites for hydroxylation is 1. The fraction of sp³-hybridized carbons (Fsp3) is 0.0667. The fourth-order valence-corrected chi connectivity index (χ4v) is 3.15. The van der Waals surface area contributed by atoms with Crippen molar-refractivity contribution in [3.05, 3.63) is 53.1 Å². The summed E-state index contributed by atoms with van der Waals surface area (Å²) in [5, 5.41) is 6.65. The van der Waals surface area contributed by atoms with E-state index in [9.17, 15) is 4.79 Å². The average molecular weight is 318 g/mol. The number of aromatic nitrogens is 1. The predicted molar refractivity (Wildman–Crippen MR) is 88.5 cm³/mol. The lowest BCUT2D eigenvalue weighted by Gasteiger charge is -2.04. The summed E-state index contributed by atoms with van der Waals surface area (Å²) in [6.07, 6.45) is 0. The van der Waals surface area contributed by atoms with E-state index in [0.717, 1.165) is 21.5 Å². The third kappa shape index (κ3) is 2.99. The van der Waals surface area contributed by atoms with E-state index >= 15 is 0 Å². The topological polar surface area (TPSA) is 54.0 Å². The van der Waals surface area contributed by atoms with Crippen LogP contribution in [0.2, 0.25) is 5.02 Å². The average Bonchev–Trinajstić information content (AvgIpc) is 2.89. The number of hydrogen-bond donors (Lipinski definition) is 2. The highest BCUT2D eigenvalue weighted by molar-refractivity contribution is 7.23. The smallest absolute Gasteiger partial charge is 0.308 e. The molecule has 0 saturated heterocycles. The molecule has 21 heavy (non-hydrogen) atoms. The number of hydrogen-bond acceptors (Lipinski definition) is 3. The Bertz CT molecular complexity index is 762. The normalized spacial score (nSPS) is 10.6. The number of halogens is 1. The van der Waals surface area contributed by atoms with Gasteiger partial charge in [-0.15, -0.1) is 0 Å². The van der Waals surface area contributed by atoms with Crippen LogP contribution in [0.25, 0.3) is 10.2 Å². The van der Waals surface area contributed by atoms with Crippen molar-refractivity contribution in [3.8, 4) is 0 Å². The van der Waals surface area contributed by atoms with E-state index in [0.29, 0.717) is 10.2 Å². The lowest BCUT2D eigenvalue weighted by atomic mass is 10.2. The zero-order chi connectivity index (χ0) is 14.8. The maximum Gasteiger partial charge on any atom is 0.325 e. The number of urea groups is 1. The summed E-state index contributed by atoms with van der Waals surface area (Å²) in [6, 6.07) is 12.7. The summed E-state index contributed by atoms with van der Waals surface area (Å²) < 4.78 is 0.881. The molecule has 0 unspecified atom stereocenters. The number of carbonyl (C=O) groups excluding carboxylic acids is 1. The molecule has 0 saturated carbocycles. The van der Waals surface area contributed by atoms with Gasteiger partial charge in [0.05, 0.1) is 15.2 Å². The molecule has 0 radical (unpaired) electrons. The molecule has 0 spiro atoms. The third-order valence-corrected chi connectivity index (χ3v) is 4.38. The first-order valence-electron chi connectivity index (χ1n) is 6.32. The van der Waals surface area contributed by atoms with Gasteiger partial charge in [-0.3, -0.25) is 5.32 Å². The summed E-state index contributed by atoms with van der Waals surface area (Å²) in [7, 11) is 0. The second-order valence-corrected chi connectivity index (χ2v) is 5.91. The van der Waals surface area contributed by atoms with Gasteiger partial charge >= 0.3 is 6.03 Å². The van der Waals surface area contributed by atoms with Crippen molar-refractivity contribution in [2.24, 2.45) is 0 Å². The van der Waals surface area contributed by atoms with Gasteiger partial charge in [0.2, 0.25) is 0 Å². The number of rotatable bonds is 2. The largest absolute Gasteiger partial charge is 0.325 e. The summed E-state index contributed by atoms with van der Waals surface area (Å²) in [6.45, 7) is 1.96. The molecular formula is C15H12ClN3OS. The van der Waals surface area contributed by atoms with Crippen LogP contribution < -0.4 is 10.6 Å². The van der Waals surface area contributed by atoms with E-state index in [1.165, 1.54) is 11.3 Å². The maximum absolute atomic E-state index is 11.9. The van der Waals surface area contributed by atoms with Crippen molar-refractivity contribution < 1.29 is 4.79 Å². The van der Waals surface area contributed by atoms with Crippen molar-refractivity contribution >= 4 is 50.0 Å². The van der Waals surface area contributed by atoms with E-state index in [1.54, 1.807) is 0 Å². The molecule has 106 valence electrons. The van der Waals surface area contributed by atoms with Gasteiger partial charge in [0.15, 0.2) is 5.13 Å². The number of thiazole rings is 1. The van der Waals surface area contributed by atoms with E-state index in [2.05, 4.69) is 15.6 Å². The summed E-state index contributed by atoms with van der Waals surface area (Å²) in [4.78, 5) is 16.4. The molecule has 2 aromatic carbocycles. The van der Waals surface area contributed by atoms with Crippen LogP contribution in [0.1, 0.15) is 5.56 Å². The standard InChI is InChI=1S/C15H12ClN3OS/c1-9-7-8-11(16)13-12(9)18-15(21-13)19-14(20)17-10-5-3-2-4-6-10/h2-8H,1H3,(H2,17,18,19,20). The molecule has 0 bridgehead atoms. The van der Waals surface area contributed by atoms with Gasteiger partial charge < -0.3 is 5.32 Å². The molecule has 1 heterocycles. The Labute approximate surface area is 130 Å². The molecule has 0 fully saturated rings. The number of nitrogens with zero attached hydrogens (tertiary/aromatic N) is 1. The Hall–Kier alpha value is -2.11. The van der Waals surface area contributed by atoms with Crippen LogP contribution in [-0.2, 0) is 0 Å². The quantitative estimate of drug-likeness (QED) is 0.706. The number of para-hydroxylation sites is 1. The Balaban J connectivity index is 1.80. The van der Waals surface area contributed by atoms with E-state index in [-0.39, 0.29) is 6.03 Å². The van der Waals surface area contributed by atoms with Crippen LogP contribution in [-0.4, -0.2) is 11.0 Å². The number of fused-ring (bicyclic) bond motifs is 1. The minimum atomic E-state index is -0.325. The number of nitrogens with one attached hydrogen (secondary N) is 2. The van der Waals surface area contributed by atoms with Gasteiger partial charge in [0.1, 0.15) is 0 Å². The van der Waals surface area contributed by atoms with Crippen LogP contribution in [0.4, 0.5) is 15.6 Å². The summed E-state index contributed by atoms with van der Waals surface area (Å²) >= 11 is 7.51. The lowest BCUT2D eigenvalue weighted by Crippen LogP contribution is -2.19. The van der Waals surface area contributed by atoms with Crippen molar-refractivity contribution in [2.45, 2.75) is 6.92 Å². The molecule has 0 aliphatic rings. The maximum atomic E-state index is 11.9. The number of amides is 2. The highest BCUT2D eigenvalue weighted by Crippen LogP contribution is 2.33.